The summed E-state index contributed by atoms with van der Waals surface area (Å²) in [6, 6.07) is 14.0. The molecule has 0 radical (unpaired) electrons. The van der Waals surface area contributed by atoms with E-state index in [9.17, 15) is 9.59 Å². The number of amides is 1. The molecule has 0 atom stereocenters. The van der Waals surface area contributed by atoms with Crippen LogP contribution in [0.4, 0.5) is 0 Å². The molecule has 3 rings (SSSR count). The standard InChI is InChI=1S/C21H21NO5/c1-2-3-11-25-21(24)17(22-20(23)16-7-5-4-6-8-16)12-15-9-10-18-19(13-15)27-14-26-18/h4-10,12-13H,2-3,11,14H2,1H3,(H,22,23). The van der Waals surface area contributed by atoms with Crippen molar-refractivity contribution in [1.29, 1.82) is 0 Å². The van der Waals surface area contributed by atoms with Crippen molar-refractivity contribution in [3.05, 3.63) is 65.4 Å². The molecule has 27 heavy (non-hydrogen) atoms. The number of carbonyl (C=O) groups is 2. The maximum absolute atomic E-state index is 12.5. The number of hydrogen-bond acceptors (Lipinski definition) is 5. The lowest BCUT2D eigenvalue weighted by Crippen LogP contribution is -2.28. The highest BCUT2D eigenvalue weighted by atomic mass is 16.7. The topological polar surface area (TPSA) is 73.9 Å². The highest BCUT2D eigenvalue weighted by Gasteiger charge is 2.17. The molecule has 6 nitrogen and oxygen atoms in total. The minimum atomic E-state index is -0.578. The predicted octanol–water partition coefficient (Wildman–Crippen LogP) is 3.53. The number of hydrogen-bond donors (Lipinski definition) is 1. The Morgan fingerprint density at radius 3 is 2.67 bits per heavy atom. The maximum atomic E-state index is 12.5. The van der Waals surface area contributed by atoms with E-state index < -0.39 is 5.97 Å². The largest absolute Gasteiger partial charge is 0.461 e. The van der Waals surface area contributed by atoms with Crippen molar-refractivity contribution in [2.24, 2.45) is 0 Å². The molecule has 1 heterocycles. The molecule has 0 saturated carbocycles. The van der Waals surface area contributed by atoms with E-state index in [2.05, 4.69) is 5.32 Å². The predicted molar refractivity (Wildman–Crippen MR) is 100 cm³/mol. The molecule has 0 fully saturated rings. The molecule has 0 unspecified atom stereocenters. The first-order valence-corrected chi connectivity index (χ1v) is 8.82. The summed E-state index contributed by atoms with van der Waals surface area (Å²) in [7, 11) is 0. The van der Waals surface area contributed by atoms with E-state index in [1.165, 1.54) is 0 Å². The second-order valence-electron chi connectivity index (χ2n) is 5.98. The van der Waals surface area contributed by atoms with Gasteiger partial charge in [0.25, 0.3) is 5.91 Å². The summed E-state index contributed by atoms with van der Waals surface area (Å²) in [5, 5.41) is 2.65. The van der Waals surface area contributed by atoms with Crippen LogP contribution in [0, 0.1) is 0 Å². The SMILES string of the molecule is CCCCOC(=O)C(=Cc1ccc2c(c1)OCO2)NC(=O)c1ccccc1. The van der Waals surface area contributed by atoms with Crippen LogP contribution in [0.5, 0.6) is 11.5 Å². The van der Waals surface area contributed by atoms with E-state index >= 15 is 0 Å². The lowest BCUT2D eigenvalue weighted by Gasteiger charge is -2.10. The van der Waals surface area contributed by atoms with E-state index in [0.29, 0.717) is 29.2 Å². The Labute approximate surface area is 157 Å². The van der Waals surface area contributed by atoms with Crippen molar-refractivity contribution < 1.29 is 23.8 Å². The number of benzene rings is 2. The molecule has 0 spiro atoms. The molecule has 140 valence electrons. The van der Waals surface area contributed by atoms with Gasteiger partial charge in [-0.05, 0) is 42.3 Å². The van der Waals surface area contributed by atoms with Crippen LogP contribution in [0.2, 0.25) is 0 Å². The van der Waals surface area contributed by atoms with Crippen molar-refractivity contribution in [3.8, 4) is 11.5 Å². The summed E-state index contributed by atoms with van der Waals surface area (Å²) in [4.78, 5) is 24.9. The molecule has 2 aromatic carbocycles. The number of fused-ring (bicyclic) bond motifs is 1. The monoisotopic (exact) mass is 367 g/mol. The molecule has 1 aliphatic heterocycles. The third-order valence-corrected chi connectivity index (χ3v) is 3.94. The molecule has 0 aliphatic carbocycles. The maximum Gasteiger partial charge on any atom is 0.354 e. The van der Waals surface area contributed by atoms with Gasteiger partial charge in [-0.3, -0.25) is 4.79 Å². The van der Waals surface area contributed by atoms with Crippen LogP contribution >= 0.6 is 0 Å². The molecule has 6 heteroatoms. The van der Waals surface area contributed by atoms with Gasteiger partial charge in [0, 0.05) is 5.56 Å². The summed E-state index contributed by atoms with van der Waals surface area (Å²) >= 11 is 0. The number of rotatable bonds is 7. The number of ether oxygens (including phenoxy) is 3. The molecule has 0 bridgehead atoms. The lowest BCUT2D eigenvalue weighted by molar-refractivity contribution is -0.139. The Hall–Kier alpha value is -3.28. The van der Waals surface area contributed by atoms with Gasteiger partial charge >= 0.3 is 5.97 Å². The first-order chi connectivity index (χ1) is 13.2. The Bertz CT molecular complexity index is 845. The van der Waals surface area contributed by atoms with E-state index in [1.807, 2.05) is 13.0 Å². The van der Waals surface area contributed by atoms with Crippen LogP contribution in [0.3, 0.4) is 0 Å². The van der Waals surface area contributed by atoms with Gasteiger partial charge in [0.2, 0.25) is 6.79 Å². The van der Waals surface area contributed by atoms with Crippen molar-refractivity contribution in [2.75, 3.05) is 13.4 Å². The fourth-order valence-electron chi connectivity index (χ4n) is 2.49. The lowest BCUT2D eigenvalue weighted by atomic mass is 10.1. The van der Waals surface area contributed by atoms with Gasteiger partial charge in [-0.15, -0.1) is 0 Å². The summed E-state index contributed by atoms with van der Waals surface area (Å²) in [5.41, 5.74) is 1.21. The second kappa shape index (κ2) is 8.89. The van der Waals surface area contributed by atoms with Gasteiger partial charge in [0.15, 0.2) is 11.5 Å². The van der Waals surface area contributed by atoms with Gasteiger partial charge in [-0.25, -0.2) is 4.79 Å². The Morgan fingerprint density at radius 1 is 1.11 bits per heavy atom. The van der Waals surface area contributed by atoms with Crippen molar-refractivity contribution in [3.63, 3.8) is 0 Å². The van der Waals surface area contributed by atoms with Crippen LogP contribution in [0.1, 0.15) is 35.7 Å². The van der Waals surface area contributed by atoms with Crippen LogP contribution in [-0.4, -0.2) is 25.3 Å². The van der Waals surface area contributed by atoms with Crippen molar-refractivity contribution >= 4 is 18.0 Å². The van der Waals surface area contributed by atoms with E-state index in [1.54, 1.807) is 48.5 Å². The van der Waals surface area contributed by atoms with Gasteiger partial charge in [-0.1, -0.05) is 37.6 Å². The zero-order valence-corrected chi connectivity index (χ0v) is 15.1. The second-order valence-corrected chi connectivity index (χ2v) is 5.98. The number of carbonyl (C=O) groups excluding carboxylic acids is 2. The summed E-state index contributed by atoms with van der Waals surface area (Å²) in [6.45, 7) is 2.47. The van der Waals surface area contributed by atoms with Crippen LogP contribution < -0.4 is 14.8 Å². The average Bonchev–Trinajstić information content (AvgIpc) is 3.16. The minimum Gasteiger partial charge on any atom is -0.461 e. The van der Waals surface area contributed by atoms with E-state index in [4.69, 9.17) is 14.2 Å². The van der Waals surface area contributed by atoms with Crippen LogP contribution in [0.25, 0.3) is 6.08 Å². The van der Waals surface area contributed by atoms with Gasteiger partial charge in [0.1, 0.15) is 5.70 Å². The molecule has 0 saturated heterocycles. The first kappa shape index (κ1) is 18.5. The smallest absolute Gasteiger partial charge is 0.354 e. The highest BCUT2D eigenvalue weighted by molar-refractivity contribution is 6.03. The molecule has 1 amide bonds. The molecule has 1 aliphatic rings. The fraction of sp³-hybridized carbons (Fsp3) is 0.238. The zero-order chi connectivity index (χ0) is 19.1. The van der Waals surface area contributed by atoms with Crippen LogP contribution in [0.15, 0.2) is 54.2 Å². The number of esters is 1. The number of unbranched alkanes of at least 4 members (excludes halogenated alkanes) is 1. The number of nitrogens with one attached hydrogen (secondary N) is 1. The zero-order valence-electron chi connectivity index (χ0n) is 15.1. The van der Waals surface area contributed by atoms with Gasteiger partial charge in [-0.2, -0.15) is 0 Å². The first-order valence-electron chi connectivity index (χ1n) is 8.82. The Morgan fingerprint density at radius 2 is 1.89 bits per heavy atom. The van der Waals surface area contributed by atoms with E-state index in [-0.39, 0.29) is 18.4 Å². The summed E-state index contributed by atoms with van der Waals surface area (Å²) < 4.78 is 15.9. The quantitative estimate of drug-likeness (QED) is 0.460. The summed E-state index contributed by atoms with van der Waals surface area (Å²) in [5.74, 6) is 0.282. The van der Waals surface area contributed by atoms with E-state index in [0.717, 1.165) is 12.8 Å². The molecular weight excluding hydrogens is 346 g/mol. The Kier molecular flexibility index (Phi) is 6.10. The molecule has 2 aromatic rings. The van der Waals surface area contributed by atoms with Gasteiger partial charge < -0.3 is 19.5 Å². The fourth-order valence-corrected chi connectivity index (χ4v) is 2.49. The average molecular weight is 367 g/mol. The van der Waals surface area contributed by atoms with Crippen molar-refractivity contribution in [2.45, 2.75) is 19.8 Å². The highest BCUT2D eigenvalue weighted by Crippen LogP contribution is 2.33. The summed E-state index contributed by atoms with van der Waals surface area (Å²) in [6.07, 6.45) is 3.23. The molecule has 0 aromatic heterocycles. The van der Waals surface area contributed by atoms with Gasteiger partial charge in [0.05, 0.1) is 6.61 Å². The third-order valence-electron chi connectivity index (χ3n) is 3.94. The normalized spacial score (nSPS) is 12.6. The van der Waals surface area contributed by atoms with Crippen molar-refractivity contribution in [1.82, 2.24) is 5.32 Å². The minimum absolute atomic E-state index is 0.0684. The molecular formula is C21H21NO5. The van der Waals surface area contributed by atoms with Crippen LogP contribution in [-0.2, 0) is 9.53 Å². The Balaban J connectivity index is 1.82. The molecule has 1 N–H and O–H groups in total. The third kappa shape index (κ3) is 4.88.